The van der Waals surface area contributed by atoms with Crippen LogP contribution in [0.15, 0.2) is 6.33 Å². The Morgan fingerprint density at radius 1 is 1.32 bits per heavy atom. The molecule has 0 radical (unpaired) electrons. The highest BCUT2D eigenvalue weighted by atomic mass is 16.2. The Morgan fingerprint density at radius 3 is 2.63 bits per heavy atom. The molecule has 6 nitrogen and oxygen atoms in total. The topological polar surface area (TPSA) is 86.9 Å². The molecule has 0 aliphatic heterocycles. The van der Waals surface area contributed by atoms with Gasteiger partial charge in [0.25, 0.3) is 11.8 Å². The van der Waals surface area contributed by atoms with Crippen LogP contribution in [0.3, 0.4) is 0 Å². The first-order valence-corrected chi connectivity index (χ1v) is 6.73. The van der Waals surface area contributed by atoms with Gasteiger partial charge in [-0.2, -0.15) is 0 Å². The van der Waals surface area contributed by atoms with Crippen molar-refractivity contribution in [2.75, 3.05) is 0 Å². The smallest absolute Gasteiger partial charge is 0.272 e. The maximum absolute atomic E-state index is 12.1. The molecule has 0 aromatic carbocycles. The zero-order valence-corrected chi connectivity index (χ0v) is 11.3. The minimum Gasteiger partial charge on any atom is -0.348 e. The minimum atomic E-state index is -0.326. The summed E-state index contributed by atoms with van der Waals surface area (Å²) in [5.41, 5.74) is 0.397. The van der Waals surface area contributed by atoms with Gasteiger partial charge in [0.2, 0.25) is 0 Å². The summed E-state index contributed by atoms with van der Waals surface area (Å²) in [6.45, 7) is 3.73. The Kier molecular flexibility index (Phi) is 4.19. The van der Waals surface area contributed by atoms with Crippen LogP contribution >= 0.6 is 0 Å². The molecule has 1 aliphatic rings. The number of rotatable bonds is 4. The third-order valence-electron chi connectivity index (χ3n) is 3.19. The number of carbonyl (C=O) groups excluding carboxylic acids is 2. The first-order valence-electron chi connectivity index (χ1n) is 6.73. The van der Waals surface area contributed by atoms with E-state index < -0.39 is 0 Å². The van der Waals surface area contributed by atoms with E-state index in [0.29, 0.717) is 0 Å². The van der Waals surface area contributed by atoms with E-state index in [1.165, 1.54) is 6.33 Å². The molecule has 1 aromatic rings. The molecule has 2 rings (SSSR count). The number of hydrogen-bond donors (Lipinski definition) is 3. The van der Waals surface area contributed by atoms with E-state index in [1.807, 2.05) is 13.8 Å². The Labute approximate surface area is 112 Å². The third-order valence-corrected chi connectivity index (χ3v) is 3.19. The molecule has 1 aromatic heterocycles. The summed E-state index contributed by atoms with van der Waals surface area (Å²) in [6.07, 6.45) is 5.68. The molecule has 0 spiro atoms. The molecule has 1 heterocycles. The van der Waals surface area contributed by atoms with Gasteiger partial charge < -0.3 is 15.6 Å². The van der Waals surface area contributed by atoms with Crippen molar-refractivity contribution < 1.29 is 9.59 Å². The van der Waals surface area contributed by atoms with E-state index in [4.69, 9.17) is 0 Å². The molecule has 1 saturated carbocycles. The van der Waals surface area contributed by atoms with E-state index in [1.54, 1.807) is 0 Å². The van der Waals surface area contributed by atoms with Crippen molar-refractivity contribution in [3.63, 3.8) is 0 Å². The molecule has 2 amide bonds. The fourth-order valence-corrected chi connectivity index (χ4v) is 2.30. The van der Waals surface area contributed by atoms with Crippen LogP contribution in [0.1, 0.15) is 60.5 Å². The van der Waals surface area contributed by atoms with E-state index in [-0.39, 0.29) is 35.3 Å². The molecule has 0 atom stereocenters. The second-order valence-corrected chi connectivity index (χ2v) is 5.21. The summed E-state index contributed by atoms with van der Waals surface area (Å²) in [5.74, 6) is -0.578. The molecule has 1 fully saturated rings. The number of amides is 2. The molecule has 6 heteroatoms. The summed E-state index contributed by atoms with van der Waals surface area (Å²) < 4.78 is 0. The van der Waals surface area contributed by atoms with E-state index >= 15 is 0 Å². The molecule has 3 N–H and O–H groups in total. The summed E-state index contributed by atoms with van der Waals surface area (Å²) in [7, 11) is 0. The lowest BCUT2D eigenvalue weighted by atomic mass is 10.2. The van der Waals surface area contributed by atoms with Crippen LogP contribution in [0.25, 0.3) is 0 Å². The number of carbonyl (C=O) groups is 2. The second-order valence-electron chi connectivity index (χ2n) is 5.21. The highest BCUT2D eigenvalue weighted by Crippen LogP contribution is 2.18. The van der Waals surface area contributed by atoms with E-state index in [2.05, 4.69) is 20.6 Å². The van der Waals surface area contributed by atoms with E-state index in [0.717, 1.165) is 25.7 Å². The Balaban J connectivity index is 2.05. The van der Waals surface area contributed by atoms with Crippen molar-refractivity contribution in [1.29, 1.82) is 0 Å². The second kappa shape index (κ2) is 5.86. The molecular weight excluding hydrogens is 244 g/mol. The molecule has 0 saturated heterocycles. The largest absolute Gasteiger partial charge is 0.348 e. The van der Waals surface area contributed by atoms with Crippen molar-refractivity contribution in [2.45, 2.75) is 51.6 Å². The van der Waals surface area contributed by atoms with Crippen LogP contribution in [0, 0.1) is 0 Å². The molecule has 104 valence electrons. The van der Waals surface area contributed by atoms with Gasteiger partial charge in [0.15, 0.2) is 5.69 Å². The zero-order valence-electron chi connectivity index (χ0n) is 11.3. The number of nitrogens with zero attached hydrogens (tertiary/aromatic N) is 1. The number of nitrogens with one attached hydrogen (secondary N) is 3. The predicted octanol–water partition coefficient (Wildman–Crippen LogP) is 1.22. The fraction of sp³-hybridized carbons (Fsp3) is 0.615. The zero-order chi connectivity index (χ0) is 13.8. The van der Waals surface area contributed by atoms with Gasteiger partial charge in [-0.25, -0.2) is 4.98 Å². The van der Waals surface area contributed by atoms with Gasteiger partial charge in [0.05, 0.1) is 6.33 Å². The van der Waals surface area contributed by atoms with Crippen LogP contribution in [0.4, 0.5) is 0 Å². The minimum absolute atomic E-state index is 0.00921. The Hall–Kier alpha value is -1.85. The predicted molar refractivity (Wildman–Crippen MR) is 70.9 cm³/mol. The summed E-state index contributed by atoms with van der Waals surface area (Å²) in [5, 5.41) is 5.67. The van der Waals surface area contributed by atoms with Gasteiger partial charge in [-0.3, -0.25) is 9.59 Å². The molecule has 0 bridgehead atoms. The highest BCUT2D eigenvalue weighted by Gasteiger charge is 2.24. The van der Waals surface area contributed by atoms with Crippen LogP contribution in [-0.4, -0.2) is 33.9 Å². The number of hydrogen-bond acceptors (Lipinski definition) is 3. The maximum Gasteiger partial charge on any atom is 0.272 e. The van der Waals surface area contributed by atoms with Gasteiger partial charge >= 0.3 is 0 Å². The Morgan fingerprint density at radius 2 is 2.00 bits per heavy atom. The van der Waals surface area contributed by atoms with Crippen molar-refractivity contribution >= 4 is 11.8 Å². The first-order chi connectivity index (χ1) is 9.08. The summed E-state index contributed by atoms with van der Waals surface area (Å²) in [4.78, 5) is 30.7. The van der Waals surface area contributed by atoms with Crippen molar-refractivity contribution in [2.24, 2.45) is 0 Å². The highest BCUT2D eigenvalue weighted by molar-refractivity contribution is 6.04. The lowest BCUT2D eigenvalue weighted by Gasteiger charge is -2.12. The SMILES string of the molecule is CC(C)NC(=O)c1nc[nH]c1C(=O)NC1CCCC1. The number of aromatic nitrogens is 2. The van der Waals surface area contributed by atoms with Gasteiger partial charge in [-0.15, -0.1) is 0 Å². The number of aromatic amines is 1. The fourth-order valence-electron chi connectivity index (χ4n) is 2.30. The van der Waals surface area contributed by atoms with Crippen molar-refractivity contribution in [3.8, 4) is 0 Å². The third kappa shape index (κ3) is 3.33. The molecule has 1 aliphatic carbocycles. The van der Waals surface area contributed by atoms with Crippen LogP contribution < -0.4 is 10.6 Å². The van der Waals surface area contributed by atoms with Gasteiger partial charge in [0.1, 0.15) is 5.69 Å². The van der Waals surface area contributed by atoms with Gasteiger partial charge in [-0.05, 0) is 26.7 Å². The lowest BCUT2D eigenvalue weighted by molar-refractivity contribution is 0.0900. The van der Waals surface area contributed by atoms with Crippen LogP contribution in [0.5, 0.6) is 0 Å². The summed E-state index contributed by atoms with van der Waals surface area (Å²) >= 11 is 0. The van der Waals surface area contributed by atoms with Gasteiger partial charge in [-0.1, -0.05) is 12.8 Å². The monoisotopic (exact) mass is 264 g/mol. The Bertz CT molecular complexity index is 461. The van der Waals surface area contributed by atoms with Gasteiger partial charge in [0, 0.05) is 12.1 Å². The normalized spacial score (nSPS) is 15.7. The average molecular weight is 264 g/mol. The first kappa shape index (κ1) is 13.6. The molecule has 0 unspecified atom stereocenters. The lowest BCUT2D eigenvalue weighted by Crippen LogP contribution is -2.36. The summed E-state index contributed by atoms with van der Waals surface area (Å²) in [6, 6.07) is 0.228. The number of H-pyrrole nitrogens is 1. The standard InChI is InChI=1S/C13H20N4O2/c1-8(2)16-12(18)10-11(15-7-14-10)13(19)17-9-5-3-4-6-9/h7-9H,3-6H2,1-2H3,(H,14,15)(H,16,18)(H,17,19). The van der Waals surface area contributed by atoms with Crippen LogP contribution in [-0.2, 0) is 0 Å². The van der Waals surface area contributed by atoms with Crippen molar-refractivity contribution in [1.82, 2.24) is 20.6 Å². The molecule has 19 heavy (non-hydrogen) atoms. The quantitative estimate of drug-likeness (QED) is 0.764. The molecular formula is C13H20N4O2. The van der Waals surface area contributed by atoms with Crippen LogP contribution in [0.2, 0.25) is 0 Å². The maximum atomic E-state index is 12.1. The van der Waals surface area contributed by atoms with E-state index in [9.17, 15) is 9.59 Å². The average Bonchev–Trinajstić information content (AvgIpc) is 2.97. The van der Waals surface area contributed by atoms with Crippen molar-refractivity contribution in [3.05, 3.63) is 17.7 Å². The number of imidazole rings is 1.